The Balaban J connectivity index is 2.84. The second kappa shape index (κ2) is 5.40. The van der Waals surface area contributed by atoms with Crippen molar-refractivity contribution >= 4 is 15.9 Å². The van der Waals surface area contributed by atoms with Crippen molar-refractivity contribution in [2.75, 3.05) is 6.54 Å². The first-order valence-electron chi connectivity index (χ1n) is 4.77. The fourth-order valence-corrected chi connectivity index (χ4v) is 2.04. The van der Waals surface area contributed by atoms with Gasteiger partial charge in [0.25, 0.3) is 0 Å². The van der Waals surface area contributed by atoms with Crippen molar-refractivity contribution in [2.24, 2.45) is 0 Å². The molecule has 0 bridgehead atoms. The van der Waals surface area contributed by atoms with Gasteiger partial charge in [-0.25, -0.2) is 0 Å². The highest BCUT2D eigenvalue weighted by Gasteiger charge is 2.09. The third kappa shape index (κ3) is 2.82. The molecule has 0 fully saturated rings. The SMILES string of the molecule is CCNC(CC)c1ccccc1Br. The Morgan fingerprint density at radius 1 is 1.31 bits per heavy atom. The molecular formula is C11H16BrN. The molecule has 0 spiro atoms. The first kappa shape index (κ1) is 10.7. The maximum atomic E-state index is 3.57. The van der Waals surface area contributed by atoms with Crippen LogP contribution in [0.4, 0.5) is 0 Å². The zero-order chi connectivity index (χ0) is 9.68. The van der Waals surface area contributed by atoms with Crippen LogP contribution in [0.1, 0.15) is 31.9 Å². The van der Waals surface area contributed by atoms with Crippen LogP contribution in [0.5, 0.6) is 0 Å². The minimum absolute atomic E-state index is 0.473. The molecule has 1 rings (SSSR count). The van der Waals surface area contributed by atoms with E-state index in [4.69, 9.17) is 0 Å². The van der Waals surface area contributed by atoms with Crippen LogP contribution in [0.3, 0.4) is 0 Å². The van der Waals surface area contributed by atoms with E-state index in [1.54, 1.807) is 0 Å². The van der Waals surface area contributed by atoms with Gasteiger partial charge in [0, 0.05) is 10.5 Å². The second-order valence-corrected chi connectivity index (χ2v) is 3.89. The summed E-state index contributed by atoms with van der Waals surface area (Å²) in [5.74, 6) is 0. The molecule has 0 saturated heterocycles. The van der Waals surface area contributed by atoms with Crippen LogP contribution in [0.15, 0.2) is 28.7 Å². The Kier molecular flexibility index (Phi) is 4.46. The van der Waals surface area contributed by atoms with E-state index in [0.29, 0.717) is 6.04 Å². The van der Waals surface area contributed by atoms with Crippen LogP contribution in [0.2, 0.25) is 0 Å². The van der Waals surface area contributed by atoms with Crippen molar-refractivity contribution in [1.82, 2.24) is 5.32 Å². The molecule has 1 aromatic carbocycles. The van der Waals surface area contributed by atoms with Gasteiger partial charge in [-0.05, 0) is 24.6 Å². The molecule has 0 aliphatic heterocycles. The molecule has 13 heavy (non-hydrogen) atoms. The number of hydrogen-bond acceptors (Lipinski definition) is 1. The van der Waals surface area contributed by atoms with Crippen molar-refractivity contribution < 1.29 is 0 Å². The second-order valence-electron chi connectivity index (χ2n) is 3.04. The summed E-state index contributed by atoms with van der Waals surface area (Å²) in [7, 11) is 0. The van der Waals surface area contributed by atoms with E-state index in [1.807, 2.05) is 6.07 Å². The highest BCUT2D eigenvalue weighted by molar-refractivity contribution is 9.10. The standard InChI is InChI=1S/C11H16BrN/c1-3-11(13-4-2)9-7-5-6-8-10(9)12/h5-8,11,13H,3-4H2,1-2H3. The summed E-state index contributed by atoms with van der Waals surface area (Å²) in [6.45, 7) is 5.35. The topological polar surface area (TPSA) is 12.0 Å². The van der Waals surface area contributed by atoms with Gasteiger partial charge < -0.3 is 5.32 Å². The van der Waals surface area contributed by atoms with E-state index in [1.165, 1.54) is 10.0 Å². The molecule has 1 nitrogen and oxygen atoms in total. The Morgan fingerprint density at radius 3 is 2.54 bits per heavy atom. The van der Waals surface area contributed by atoms with Crippen LogP contribution in [-0.2, 0) is 0 Å². The van der Waals surface area contributed by atoms with Crippen LogP contribution < -0.4 is 5.32 Å². The first-order chi connectivity index (χ1) is 6.29. The zero-order valence-corrected chi connectivity index (χ0v) is 9.76. The molecule has 72 valence electrons. The van der Waals surface area contributed by atoms with Crippen LogP contribution >= 0.6 is 15.9 Å². The number of rotatable bonds is 4. The fraction of sp³-hybridized carbons (Fsp3) is 0.455. The molecule has 2 heteroatoms. The van der Waals surface area contributed by atoms with E-state index >= 15 is 0 Å². The van der Waals surface area contributed by atoms with Crippen LogP contribution in [0, 0.1) is 0 Å². The highest BCUT2D eigenvalue weighted by atomic mass is 79.9. The molecule has 0 aromatic heterocycles. The van der Waals surface area contributed by atoms with Gasteiger partial charge in [0.2, 0.25) is 0 Å². The Hall–Kier alpha value is -0.340. The molecule has 0 radical (unpaired) electrons. The summed E-state index contributed by atoms with van der Waals surface area (Å²) >= 11 is 3.57. The average Bonchev–Trinajstić information content (AvgIpc) is 2.16. The van der Waals surface area contributed by atoms with Gasteiger partial charge in [-0.15, -0.1) is 0 Å². The van der Waals surface area contributed by atoms with Gasteiger partial charge in [0.1, 0.15) is 0 Å². The average molecular weight is 242 g/mol. The molecule has 0 aliphatic carbocycles. The number of hydrogen-bond donors (Lipinski definition) is 1. The predicted molar refractivity (Wildman–Crippen MR) is 60.9 cm³/mol. The molecule has 1 N–H and O–H groups in total. The van der Waals surface area contributed by atoms with Crippen molar-refractivity contribution in [3.8, 4) is 0 Å². The van der Waals surface area contributed by atoms with E-state index in [0.717, 1.165) is 13.0 Å². The third-order valence-electron chi connectivity index (χ3n) is 2.14. The molecule has 0 saturated carbocycles. The Labute approximate surface area is 88.7 Å². The van der Waals surface area contributed by atoms with E-state index in [9.17, 15) is 0 Å². The van der Waals surface area contributed by atoms with Gasteiger partial charge in [-0.3, -0.25) is 0 Å². The summed E-state index contributed by atoms with van der Waals surface area (Å²) in [6, 6.07) is 8.86. The summed E-state index contributed by atoms with van der Waals surface area (Å²) in [6.07, 6.45) is 1.12. The molecule has 1 unspecified atom stereocenters. The number of benzene rings is 1. The smallest absolute Gasteiger partial charge is 0.0328 e. The van der Waals surface area contributed by atoms with E-state index in [2.05, 4.69) is 53.3 Å². The summed E-state index contributed by atoms with van der Waals surface area (Å²) < 4.78 is 1.20. The summed E-state index contributed by atoms with van der Waals surface area (Å²) in [4.78, 5) is 0. The summed E-state index contributed by atoms with van der Waals surface area (Å²) in [5.41, 5.74) is 1.35. The lowest BCUT2D eigenvalue weighted by Gasteiger charge is -2.17. The van der Waals surface area contributed by atoms with Gasteiger partial charge in [0.15, 0.2) is 0 Å². The zero-order valence-electron chi connectivity index (χ0n) is 8.18. The van der Waals surface area contributed by atoms with E-state index in [-0.39, 0.29) is 0 Å². The lowest BCUT2D eigenvalue weighted by Crippen LogP contribution is -2.20. The van der Waals surface area contributed by atoms with Crippen molar-refractivity contribution in [1.29, 1.82) is 0 Å². The number of nitrogens with one attached hydrogen (secondary N) is 1. The normalized spacial score (nSPS) is 12.8. The highest BCUT2D eigenvalue weighted by Crippen LogP contribution is 2.24. The molecule has 1 aromatic rings. The van der Waals surface area contributed by atoms with Gasteiger partial charge in [0.05, 0.1) is 0 Å². The fourth-order valence-electron chi connectivity index (χ4n) is 1.48. The minimum Gasteiger partial charge on any atom is -0.310 e. The summed E-state index contributed by atoms with van der Waals surface area (Å²) in [5, 5.41) is 3.46. The van der Waals surface area contributed by atoms with E-state index < -0.39 is 0 Å². The molecule has 0 amide bonds. The minimum atomic E-state index is 0.473. The molecule has 0 aliphatic rings. The largest absolute Gasteiger partial charge is 0.310 e. The van der Waals surface area contributed by atoms with Gasteiger partial charge in [-0.1, -0.05) is 48.0 Å². The van der Waals surface area contributed by atoms with Crippen molar-refractivity contribution in [3.63, 3.8) is 0 Å². The van der Waals surface area contributed by atoms with Crippen LogP contribution in [-0.4, -0.2) is 6.54 Å². The quantitative estimate of drug-likeness (QED) is 0.851. The number of halogens is 1. The molecule has 0 heterocycles. The third-order valence-corrected chi connectivity index (χ3v) is 2.86. The Bertz CT molecular complexity index is 260. The Morgan fingerprint density at radius 2 is 2.00 bits per heavy atom. The van der Waals surface area contributed by atoms with Crippen LogP contribution in [0.25, 0.3) is 0 Å². The monoisotopic (exact) mass is 241 g/mol. The lowest BCUT2D eigenvalue weighted by molar-refractivity contribution is 0.535. The molecule has 1 atom stereocenters. The predicted octanol–water partition coefficient (Wildman–Crippen LogP) is 3.51. The van der Waals surface area contributed by atoms with Crippen molar-refractivity contribution in [2.45, 2.75) is 26.3 Å². The van der Waals surface area contributed by atoms with Gasteiger partial charge >= 0.3 is 0 Å². The molecular weight excluding hydrogens is 226 g/mol. The maximum absolute atomic E-state index is 3.57. The van der Waals surface area contributed by atoms with Gasteiger partial charge in [-0.2, -0.15) is 0 Å². The first-order valence-corrected chi connectivity index (χ1v) is 5.56. The van der Waals surface area contributed by atoms with Crippen molar-refractivity contribution in [3.05, 3.63) is 34.3 Å². The lowest BCUT2D eigenvalue weighted by atomic mass is 10.1. The maximum Gasteiger partial charge on any atom is 0.0328 e.